The van der Waals surface area contributed by atoms with Gasteiger partial charge >= 0.3 is 0 Å². The zero-order chi connectivity index (χ0) is 13.2. The van der Waals surface area contributed by atoms with Crippen molar-refractivity contribution < 1.29 is 9.50 Å². The summed E-state index contributed by atoms with van der Waals surface area (Å²) in [7, 11) is 0. The summed E-state index contributed by atoms with van der Waals surface area (Å²) in [5, 5.41) is 19.8. The number of nitrogens with zero attached hydrogens (tertiary/aromatic N) is 1. The number of hydrogen-bond acceptors (Lipinski definition) is 2. The summed E-state index contributed by atoms with van der Waals surface area (Å²) < 4.78 is 13.5. The van der Waals surface area contributed by atoms with E-state index in [0.717, 1.165) is 19.3 Å². The molecule has 1 unspecified atom stereocenters. The van der Waals surface area contributed by atoms with Gasteiger partial charge < -0.3 is 5.11 Å². The minimum absolute atomic E-state index is 0.324. The standard InChI is InChI=1S/C15H18FNO/c1-11-5-6-12(9-13(11)16)14(18)15(10-17)7-3-2-4-8-15/h5-6,9,14,18H,2-4,7-8H2,1H3. The molecule has 0 amide bonds. The highest BCUT2D eigenvalue weighted by Gasteiger charge is 2.40. The molecule has 2 rings (SSSR count). The highest BCUT2D eigenvalue weighted by atomic mass is 19.1. The van der Waals surface area contributed by atoms with E-state index < -0.39 is 11.5 Å². The van der Waals surface area contributed by atoms with Crippen LogP contribution in [-0.2, 0) is 0 Å². The van der Waals surface area contributed by atoms with Crippen LogP contribution in [-0.4, -0.2) is 5.11 Å². The lowest BCUT2D eigenvalue weighted by Gasteiger charge is -2.35. The number of halogens is 1. The minimum Gasteiger partial charge on any atom is -0.387 e. The van der Waals surface area contributed by atoms with Crippen molar-refractivity contribution in [3.05, 3.63) is 35.1 Å². The molecule has 0 aromatic heterocycles. The first kappa shape index (κ1) is 13.0. The second kappa shape index (κ2) is 5.07. The smallest absolute Gasteiger partial charge is 0.126 e. The maximum absolute atomic E-state index is 13.5. The zero-order valence-electron chi connectivity index (χ0n) is 10.6. The van der Waals surface area contributed by atoms with E-state index in [2.05, 4.69) is 6.07 Å². The normalized spacial score (nSPS) is 20.1. The summed E-state index contributed by atoms with van der Waals surface area (Å²) >= 11 is 0. The molecule has 0 heterocycles. The van der Waals surface area contributed by atoms with E-state index in [0.29, 0.717) is 24.0 Å². The molecular weight excluding hydrogens is 229 g/mol. The van der Waals surface area contributed by atoms with Gasteiger partial charge in [-0.2, -0.15) is 5.26 Å². The Bertz CT molecular complexity index is 472. The van der Waals surface area contributed by atoms with Gasteiger partial charge in [0.2, 0.25) is 0 Å². The molecule has 2 nitrogen and oxygen atoms in total. The van der Waals surface area contributed by atoms with Gasteiger partial charge in [0, 0.05) is 0 Å². The van der Waals surface area contributed by atoms with Crippen molar-refractivity contribution in [3.63, 3.8) is 0 Å². The lowest BCUT2D eigenvalue weighted by Crippen LogP contribution is -2.30. The third-order valence-electron chi connectivity index (χ3n) is 4.00. The molecule has 0 radical (unpaired) electrons. The molecule has 0 spiro atoms. The monoisotopic (exact) mass is 247 g/mol. The number of benzene rings is 1. The number of aliphatic hydroxyl groups is 1. The number of aliphatic hydroxyl groups excluding tert-OH is 1. The van der Waals surface area contributed by atoms with Crippen molar-refractivity contribution in [1.29, 1.82) is 5.26 Å². The van der Waals surface area contributed by atoms with E-state index in [1.54, 1.807) is 19.1 Å². The van der Waals surface area contributed by atoms with Crippen molar-refractivity contribution in [2.75, 3.05) is 0 Å². The van der Waals surface area contributed by atoms with E-state index in [1.165, 1.54) is 6.07 Å². The van der Waals surface area contributed by atoms with E-state index in [9.17, 15) is 14.8 Å². The third kappa shape index (κ3) is 2.26. The fraction of sp³-hybridized carbons (Fsp3) is 0.533. The van der Waals surface area contributed by atoms with Crippen LogP contribution in [0, 0.1) is 29.5 Å². The highest BCUT2D eigenvalue weighted by molar-refractivity contribution is 5.28. The summed E-state index contributed by atoms with van der Waals surface area (Å²) in [4.78, 5) is 0. The van der Waals surface area contributed by atoms with E-state index in [4.69, 9.17) is 0 Å². The van der Waals surface area contributed by atoms with E-state index in [1.807, 2.05) is 0 Å². The first-order valence-corrected chi connectivity index (χ1v) is 6.44. The van der Waals surface area contributed by atoms with Crippen LogP contribution in [0.5, 0.6) is 0 Å². The van der Waals surface area contributed by atoms with Crippen LogP contribution >= 0.6 is 0 Å². The highest BCUT2D eigenvalue weighted by Crippen LogP contribution is 2.45. The van der Waals surface area contributed by atoms with Crippen molar-refractivity contribution in [2.45, 2.75) is 45.1 Å². The molecule has 1 fully saturated rings. The summed E-state index contributed by atoms with van der Waals surface area (Å²) in [6.45, 7) is 1.69. The summed E-state index contributed by atoms with van der Waals surface area (Å²) in [5.41, 5.74) is 0.335. The van der Waals surface area contributed by atoms with Gasteiger partial charge in [-0.25, -0.2) is 4.39 Å². The Morgan fingerprint density at radius 2 is 2.00 bits per heavy atom. The second-order valence-corrected chi connectivity index (χ2v) is 5.24. The van der Waals surface area contributed by atoms with Gasteiger partial charge in [0.25, 0.3) is 0 Å². The molecule has 1 saturated carbocycles. The molecule has 0 bridgehead atoms. The second-order valence-electron chi connectivity index (χ2n) is 5.24. The molecule has 3 heteroatoms. The molecule has 1 aliphatic rings. The molecule has 1 aromatic carbocycles. The van der Waals surface area contributed by atoms with E-state index in [-0.39, 0.29) is 5.82 Å². The van der Waals surface area contributed by atoms with Crippen molar-refractivity contribution in [3.8, 4) is 6.07 Å². The van der Waals surface area contributed by atoms with Crippen LogP contribution < -0.4 is 0 Å². The number of nitriles is 1. The van der Waals surface area contributed by atoms with Gasteiger partial charge in [-0.15, -0.1) is 0 Å². The van der Waals surface area contributed by atoms with Crippen LogP contribution in [0.15, 0.2) is 18.2 Å². The van der Waals surface area contributed by atoms with Gasteiger partial charge in [-0.3, -0.25) is 0 Å². The fourth-order valence-electron chi connectivity index (χ4n) is 2.73. The Labute approximate surface area is 107 Å². The van der Waals surface area contributed by atoms with E-state index >= 15 is 0 Å². The Balaban J connectivity index is 2.31. The third-order valence-corrected chi connectivity index (χ3v) is 4.00. The van der Waals surface area contributed by atoms with Gasteiger partial charge in [-0.05, 0) is 37.0 Å². The Morgan fingerprint density at radius 3 is 2.56 bits per heavy atom. The summed E-state index contributed by atoms with van der Waals surface area (Å²) in [6.07, 6.45) is 3.52. The van der Waals surface area contributed by atoms with Crippen LogP contribution in [0.25, 0.3) is 0 Å². The average molecular weight is 247 g/mol. The predicted octanol–water partition coefficient (Wildman–Crippen LogP) is 3.64. The Kier molecular flexibility index (Phi) is 3.68. The first-order valence-electron chi connectivity index (χ1n) is 6.44. The van der Waals surface area contributed by atoms with Crippen LogP contribution in [0.3, 0.4) is 0 Å². The number of hydrogen-bond donors (Lipinski definition) is 1. The summed E-state index contributed by atoms with van der Waals surface area (Å²) in [6, 6.07) is 7.01. The molecule has 1 aromatic rings. The van der Waals surface area contributed by atoms with Crippen LogP contribution in [0.1, 0.15) is 49.3 Å². The molecule has 1 N–H and O–H groups in total. The molecule has 96 valence electrons. The molecule has 0 aliphatic heterocycles. The molecular formula is C15H18FNO. The maximum Gasteiger partial charge on any atom is 0.126 e. The van der Waals surface area contributed by atoms with Gasteiger partial charge in [0.15, 0.2) is 0 Å². The fourth-order valence-corrected chi connectivity index (χ4v) is 2.73. The van der Waals surface area contributed by atoms with Crippen LogP contribution in [0.4, 0.5) is 4.39 Å². The van der Waals surface area contributed by atoms with Crippen molar-refractivity contribution in [1.82, 2.24) is 0 Å². The van der Waals surface area contributed by atoms with Gasteiger partial charge in [0.05, 0.1) is 17.6 Å². The lowest BCUT2D eigenvalue weighted by molar-refractivity contribution is 0.0357. The first-order chi connectivity index (χ1) is 8.59. The molecule has 1 atom stereocenters. The lowest BCUT2D eigenvalue weighted by atomic mass is 9.69. The average Bonchev–Trinajstić information content (AvgIpc) is 2.42. The van der Waals surface area contributed by atoms with Crippen molar-refractivity contribution in [2.24, 2.45) is 5.41 Å². The Hall–Kier alpha value is -1.40. The number of rotatable bonds is 2. The minimum atomic E-state index is -0.891. The topological polar surface area (TPSA) is 44.0 Å². The Morgan fingerprint density at radius 1 is 1.33 bits per heavy atom. The molecule has 0 saturated heterocycles. The van der Waals surface area contributed by atoms with Gasteiger partial charge in [-0.1, -0.05) is 31.4 Å². The van der Waals surface area contributed by atoms with Crippen molar-refractivity contribution >= 4 is 0 Å². The largest absolute Gasteiger partial charge is 0.387 e. The molecule has 18 heavy (non-hydrogen) atoms. The van der Waals surface area contributed by atoms with Gasteiger partial charge in [0.1, 0.15) is 5.82 Å². The summed E-state index contributed by atoms with van der Waals surface area (Å²) in [5.74, 6) is -0.324. The quantitative estimate of drug-likeness (QED) is 0.867. The molecule has 1 aliphatic carbocycles. The zero-order valence-corrected chi connectivity index (χ0v) is 10.6. The van der Waals surface area contributed by atoms with Crippen LogP contribution in [0.2, 0.25) is 0 Å². The SMILES string of the molecule is Cc1ccc(C(O)C2(C#N)CCCCC2)cc1F. The predicted molar refractivity (Wildman–Crippen MR) is 67.2 cm³/mol. The maximum atomic E-state index is 13.5. The number of aryl methyl sites for hydroxylation is 1.